The quantitative estimate of drug-likeness (QED) is 0.629. The van der Waals surface area contributed by atoms with E-state index in [4.69, 9.17) is 0 Å². The van der Waals surface area contributed by atoms with E-state index >= 15 is 0 Å². The van der Waals surface area contributed by atoms with Crippen molar-refractivity contribution in [3.8, 4) is 0 Å². The molecule has 0 fully saturated rings. The zero-order valence-electron chi connectivity index (χ0n) is 9.95. The van der Waals surface area contributed by atoms with Crippen molar-refractivity contribution in [1.82, 2.24) is 0 Å². The van der Waals surface area contributed by atoms with Crippen molar-refractivity contribution >= 4 is 44.6 Å². The van der Waals surface area contributed by atoms with Crippen LogP contribution in [0.4, 0.5) is 11.4 Å². The second-order valence-electron chi connectivity index (χ2n) is 3.85. The highest BCUT2D eigenvalue weighted by atomic mass is 79.9. The fourth-order valence-electron chi connectivity index (χ4n) is 1.65. The molecule has 6 nitrogen and oxygen atoms in total. The lowest BCUT2D eigenvalue weighted by molar-refractivity contribution is -0.384. The summed E-state index contributed by atoms with van der Waals surface area (Å²) < 4.78 is 0.626. The molecule has 2 N–H and O–H groups in total. The zero-order valence-corrected chi connectivity index (χ0v) is 12.3. The Kier molecular flexibility index (Phi) is 4.35. The molecular weight excluding hydrogens is 348 g/mol. The Morgan fingerprint density at radius 1 is 1.45 bits per heavy atom. The Balaban J connectivity index is 2.38. The molecule has 1 atom stereocenters. The number of nitrogens with zero attached hydrogens (tertiary/aromatic N) is 1. The molecule has 20 heavy (non-hydrogen) atoms. The minimum atomic E-state index is -1.10. The van der Waals surface area contributed by atoms with Gasteiger partial charge in [-0.3, -0.25) is 10.1 Å². The van der Waals surface area contributed by atoms with Crippen LogP contribution in [0.3, 0.4) is 0 Å². The summed E-state index contributed by atoms with van der Waals surface area (Å²) in [7, 11) is 0. The number of aliphatic carboxylic acids is 1. The first-order valence-electron chi connectivity index (χ1n) is 5.45. The maximum absolute atomic E-state index is 11.3. The number of rotatable bonds is 5. The molecule has 2 aromatic rings. The van der Waals surface area contributed by atoms with Crippen molar-refractivity contribution in [2.45, 2.75) is 6.04 Å². The number of benzene rings is 1. The maximum atomic E-state index is 11.3. The molecule has 0 aliphatic rings. The summed E-state index contributed by atoms with van der Waals surface area (Å²) in [5.74, 6) is -1.10. The van der Waals surface area contributed by atoms with Crippen LogP contribution in [0.2, 0.25) is 0 Å². The molecule has 0 saturated carbocycles. The van der Waals surface area contributed by atoms with Crippen LogP contribution in [0, 0.1) is 10.1 Å². The highest BCUT2D eigenvalue weighted by Crippen LogP contribution is 2.32. The van der Waals surface area contributed by atoms with Crippen LogP contribution < -0.4 is 5.32 Å². The van der Waals surface area contributed by atoms with Crippen LogP contribution in [0.15, 0.2) is 40.2 Å². The molecule has 1 heterocycles. The summed E-state index contributed by atoms with van der Waals surface area (Å²) in [5, 5.41) is 24.7. The van der Waals surface area contributed by atoms with E-state index < -0.39 is 16.9 Å². The second kappa shape index (κ2) is 6.02. The number of hydrogen-bond donors (Lipinski definition) is 2. The number of carboxylic acids is 1. The van der Waals surface area contributed by atoms with Crippen molar-refractivity contribution in [3.63, 3.8) is 0 Å². The number of carboxylic acid groups (broad SMARTS) is 1. The van der Waals surface area contributed by atoms with E-state index in [1.54, 1.807) is 17.5 Å². The monoisotopic (exact) mass is 356 g/mol. The summed E-state index contributed by atoms with van der Waals surface area (Å²) >= 11 is 4.49. The average molecular weight is 357 g/mol. The molecule has 0 bridgehead atoms. The van der Waals surface area contributed by atoms with Gasteiger partial charge < -0.3 is 10.4 Å². The molecule has 2 rings (SSSR count). The molecule has 1 aromatic carbocycles. The van der Waals surface area contributed by atoms with Crippen LogP contribution in [0.1, 0.15) is 10.9 Å². The summed E-state index contributed by atoms with van der Waals surface area (Å²) in [6.07, 6.45) is 0. The highest BCUT2D eigenvalue weighted by Gasteiger charge is 2.24. The van der Waals surface area contributed by atoms with Gasteiger partial charge in [-0.2, -0.15) is 0 Å². The first-order chi connectivity index (χ1) is 9.49. The number of thiophene rings is 1. The van der Waals surface area contributed by atoms with Gasteiger partial charge in [0, 0.05) is 15.4 Å². The van der Waals surface area contributed by atoms with Crippen molar-refractivity contribution < 1.29 is 14.8 Å². The molecule has 1 unspecified atom stereocenters. The number of nitro groups is 1. The third-order valence-electron chi connectivity index (χ3n) is 2.53. The van der Waals surface area contributed by atoms with Crippen LogP contribution >= 0.6 is 27.3 Å². The highest BCUT2D eigenvalue weighted by molar-refractivity contribution is 9.10. The second-order valence-corrected chi connectivity index (χ2v) is 5.74. The Bertz CT molecular complexity index is 645. The van der Waals surface area contributed by atoms with Gasteiger partial charge in [-0.15, -0.1) is 11.3 Å². The minimum Gasteiger partial charge on any atom is -0.479 e. The standard InChI is InChI=1S/C12H9BrN2O4S/c13-7-3-4-9(15(18)19)8(6-7)14-11(12(16)17)10-2-1-5-20-10/h1-6,11,14H,(H,16,17). The van der Waals surface area contributed by atoms with Gasteiger partial charge in [0.2, 0.25) is 0 Å². The first kappa shape index (κ1) is 14.5. The van der Waals surface area contributed by atoms with Crippen molar-refractivity contribution in [3.05, 3.63) is 55.2 Å². The van der Waals surface area contributed by atoms with Gasteiger partial charge in [0.15, 0.2) is 6.04 Å². The fraction of sp³-hybridized carbons (Fsp3) is 0.0833. The van der Waals surface area contributed by atoms with Gasteiger partial charge in [0.1, 0.15) is 5.69 Å². The van der Waals surface area contributed by atoms with E-state index in [9.17, 15) is 20.0 Å². The van der Waals surface area contributed by atoms with Gasteiger partial charge in [-0.25, -0.2) is 4.79 Å². The van der Waals surface area contributed by atoms with Crippen molar-refractivity contribution in [2.24, 2.45) is 0 Å². The maximum Gasteiger partial charge on any atom is 0.331 e. The number of hydrogen-bond acceptors (Lipinski definition) is 5. The van der Waals surface area contributed by atoms with Crippen LogP contribution in [-0.4, -0.2) is 16.0 Å². The van der Waals surface area contributed by atoms with Gasteiger partial charge in [-0.1, -0.05) is 22.0 Å². The van der Waals surface area contributed by atoms with Gasteiger partial charge in [0.05, 0.1) is 4.92 Å². The molecular formula is C12H9BrN2O4S. The third-order valence-corrected chi connectivity index (χ3v) is 3.96. The smallest absolute Gasteiger partial charge is 0.331 e. The predicted molar refractivity (Wildman–Crippen MR) is 79.1 cm³/mol. The summed E-state index contributed by atoms with van der Waals surface area (Å²) in [6, 6.07) is 6.71. The molecule has 1 aromatic heterocycles. The van der Waals surface area contributed by atoms with Crippen molar-refractivity contribution in [1.29, 1.82) is 0 Å². The zero-order chi connectivity index (χ0) is 14.7. The topological polar surface area (TPSA) is 92.5 Å². The summed E-state index contributed by atoms with van der Waals surface area (Å²) in [6.45, 7) is 0. The minimum absolute atomic E-state index is 0.158. The molecule has 0 radical (unpaired) electrons. The first-order valence-corrected chi connectivity index (χ1v) is 7.13. The molecule has 0 spiro atoms. The Morgan fingerprint density at radius 2 is 2.20 bits per heavy atom. The SMILES string of the molecule is O=C(O)C(Nc1cc(Br)ccc1[N+](=O)[O-])c1cccs1. The van der Waals surface area contributed by atoms with Gasteiger partial charge in [-0.05, 0) is 23.6 Å². The molecule has 8 heteroatoms. The van der Waals surface area contributed by atoms with E-state index in [-0.39, 0.29) is 11.4 Å². The Morgan fingerprint density at radius 3 is 2.75 bits per heavy atom. The number of carbonyl (C=O) groups is 1. The van der Waals surface area contributed by atoms with E-state index in [1.165, 1.54) is 29.5 Å². The lowest BCUT2D eigenvalue weighted by Gasteiger charge is -2.14. The van der Waals surface area contributed by atoms with E-state index in [0.29, 0.717) is 9.35 Å². The van der Waals surface area contributed by atoms with Gasteiger partial charge >= 0.3 is 5.97 Å². The number of nitro benzene ring substituents is 1. The van der Waals surface area contributed by atoms with Gasteiger partial charge in [0.25, 0.3) is 5.69 Å². The molecule has 0 saturated heterocycles. The van der Waals surface area contributed by atoms with E-state index in [2.05, 4.69) is 21.2 Å². The number of anilines is 1. The van der Waals surface area contributed by atoms with Crippen LogP contribution in [0.5, 0.6) is 0 Å². The predicted octanol–water partition coefficient (Wildman–Crippen LogP) is 3.66. The molecule has 0 aliphatic heterocycles. The largest absolute Gasteiger partial charge is 0.479 e. The summed E-state index contributed by atoms with van der Waals surface area (Å²) in [5.41, 5.74) is -0.0128. The van der Waals surface area contributed by atoms with E-state index in [1.807, 2.05) is 0 Å². The number of nitrogens with one attached hydrogen (secondary N) is 1. The van der Waals surface area contributed by atoms with Crippen molar-refractivity contribution in [2.75, 3.05) is 5.32 Å². The third kappa shape index (κ3) is 3.14. The summed E-state index contributed by atoms with van der Waals surface area (Å²) in [4.78, 5) is 22.3. The average Bonchev–Trinajstić information content (AvgIpc) is 2.88. The Hall–Kier alpha value is -1.93. The lowest BCUT2D eigenvalue weighted by Crippen LogP contribution is -2.20. The Labute approximate surface area is 126 Å². The number of halogens is 1. The van der Waals surface area contributed by atoms with Crippen LogP contribution in [-0.2, 0) is 4.79 Å². The van der Waals surface area contributed by atoms with E-state index in [0.717, 1.165) is 0 Å². The molecule has 0 aliphatic carbocycles. The molecule has 104 valence electrons. The normalized spacial score (nSPS) is 11.8. The lowest BCUT2D eigenvalue weighted by atomic mass is 10.2. The fourth-order valence-corrected chi connectivity index (χ4v) is 2.78. The molecule has 0 amide bonds. The van der Waals surface area contributed by atoms with Crippen LogP contribution in [0.25, 0.3) is 0 Å².